The second-order valence-corrected chi connectivity index (χ2v) is 9.73. The van der Waals surface area contributed by atoms with Gasteiger partial charge in [0, 0.05) is 32.1 Å². The monoisotopic (exact) mass is 386 g/mol. The molecule has 1 aromatic carbocycles. The lowest BCUT2D eigenvalue weighted by Crippen LogP contribution is -2.52. The summed E-state index contributed by atoms with van der Waals surface area (Å²) in [5.74, 6) is 0.717. The van der Waals surface area contributed by atoms with E-state index in [1.165, 1.54) is 5.56 Å². The lowest BCUT2D eigenvalue weighted by atomic mass is 9.69. The van der Waals surface area contributed by atoms with Crippen LogP contribution in [0.5, 0.6) is 0 Å². The highest BCUT2D eigenvalue weighted by atomic mass is 16.6. The molecule has 2 atom stereocenters. The first-order valence-electron chi connectivity index (χ1n) is 10.4. The normalized spacial score (nSPS) is 25.6. The van der Waals surface area contributed by atoms with Crippen molar-refractivity contribution in [2.45, 2.75) is 59.0 Å². The number of carbonyl (C=O) groups is 2. The van der Waals surface area contributed by atoms with Gasteiger partial charge >= 0.3 is 6.09 Å². The molecule has 2 fully saturated rings. The molecule has 2 amide bonds. The molecule has 0 N–H and O–H groups in total. The molecule has 2 aliphatic heterocycles. The van der Waals surface area contributed by atoms with Crippen LogP contribution in [-0.2, 0) is 9.53 Å². The van der Waals surface area contributed by atoms with Crippen LogP contribution in [0.25, 0.3) is 0 Å². The van der Waals surface area contributed by atoms with Crippen molar-refractivity contribution in [1.82, 2.24) is 9.80 Å². The number of likely N-dealkylation sites (tertiary alicyclic amines) is 2. The van der Waals surface area contributed by atoms with E-state index in [9.17, 15) is 9.59 Å². The fraction of sp³-hybridized carbons (Fsp3) is 0.652. The van der Waals surface area contributed by atoms with E-state index in [-0.39, 0.29) is 17.9 Å². The quantitative estimate of drug-likeness (QED) is 0.779. The van der Waals surface area contributed by atoms with Crippen LogP contribution in [0, 0.1) is 11.3 Å². The number of nitrogens with zero attached hydrogens (tertiary/aromatic N) is 2. The van der Waals surface area contributed by atoms with Gasteiger partial charge in [0.15, 0.2) is 0 Å². The van der Waals surface area contributed by atoms with E-state index < -0.39 is 11.0 Å². The maximum Gasteiger partial charge on any atom is 0.410 e. The van der Waals surface area contributed by atoms with Crippen molar-refractivity contribution in [3.63, 3.8) is 0 Å². The first-order chi connectivity index (χ1) is 13.1. The van der Waals surface area contributed by atoms with E-state index in [0.717, 1.165) is 25.9 Å². The summed E-state index contributed by atoms with van der Waals surface area (Å²) in [6.45, 7) is 12.5. The molecule has 0 aromatic heterocycles. The van der Waals surface area contributed by atoms with Crippen LogP contribution in [-0.4, -0.2) is 53.6 Å². The van der Waals surface area contributed by atoms with Crippen LogP contribution in [0.3, 0.4) is 0 Å². The second-order valence-electron chi connectivity index (χ2n) is 9.73. The Morgan fingerprint density at radius 2 is 1.93 bits per heavy atom. The fourth-order valence-electron chi connectivity index (χ4n) is 4.68. The van der Waals surface area contributed by atoms with Gasteiger partial charge in [0.1, 0.15) is 5.60 Å². The molecular weight excluding hydrogens is 352 g/mol. The summed E-state index contributed by atoms with van der Waals surface area (Å²) >= 11 is 0. The van der Waals surface area contributed by atoms with Crippen molar-refractivity contribution in [2.75, 3.05) is 26.2 Å². The van der Waals surface area contributed by atoms with Crippen molar-refractivity contribution < 1.29 is 14.3 Å². The molecular formula is C23H34N2O3. The Labute approximate surface area is 169 Å². The molecule has 1 spiro atoms. The van der Waals surface area contributed by atoms with Crippen LogP contribution in [0.1, 0.15) is 58.9 Å². The number of piperidine rings is 1. The van der Waals surface area contributed by atoms with Crippen molar-refractivity contribution in [1.29, 1.82) is 0 Å². The SMILES string of the molecule is CC(C)CN1C[C@H](c2ccccc2)[C@]2(CCCN(C(=O)OC(C)(C)C)C2)C1=O. The van der Waals surface area contributed by atoms with E-state index in [2.05, 4.69) is 26.0 Å². The third-order valence-electron chi connectivity index (χ3n) is 5.75. The van der Waals surface area contributed by atoms with Gasteiger partial charge in [-0.2, -0.15) is 0 Å². The van der Waals surface area contributed by atoms with Crippen LogP contribution in [0.2, 0.25) is 0 Å². The van der Waals surface area contributed by atoms with Gasteiger partial charge in [0.25, 0.3) is 0 Å². The molecule has 0 saturated carbocycles. The van der Waals surface area contributed by atoms with Gasteiger partial charge in [-0.05, 0) is 45.1 Å². The summed E-state index contributed by atoms with van der Waals surface area (Å²) in [6, 6.07) is 10.3. The average Bonchev–Trinajstić information content (AvgIpc) is 2.86. The van der Waals surface area contributed by atoms with Gasteiger partial charge in [-0.3, -0.25) is 4.79 Å². The first-order valence-corrected chi connectivity index (χ1v) is 10.4. The third kappa shape index (κ3) is 4.18. The Morgan fingerprint density at radius 1 is 1.25 bits per heavy atom. The van der Waals surface area contributed by atoms with E-state index >= 15 is 0 Å². The predicted molar refractivity (Wildman–Crippen MR) is 110 cm³/mol. The fourth-order valence-corrected chi connectivity index (χ4v) is 4.68. The minimum atomic E-state index is -0.550. The summed E-state index contributed by atoms with van der Waals surface area (Å²) in [5, 5.41) is 0. The lowest BCUT2D eigenvalue weighted by molar-refractivity contribution is -0.139. The summed E-state index contributed by atoms with van der Waals surface area (Å²) in [6.07, 6.45) is 1.33. The first kappa shape index (κ1) is 20.7. The lowest BCUT2D eigenvalue weighted by Gasteiger charge is -2.42. The number of carbonyl (C=O) groups excluding carboxylic acids is 2. The zero-order valence-electron chi connectivity index (χ0n) is 17.9. The number of amides is 2. The average molecular weight is 387 g/mol. The number of hydrogen-bond acceptors (Lipinski definition) is 3. The number of ether oxygens (including phenoxy) is 1. The molecule has 0 radical (unpaired) electrons. The number of benzene rings is 1. The van der Waals surface area contributed by atoms with Crippen LogP contribution < -0.4 is 0 Å². The van der Waals surface area contributed by atoms with Crippen molar-refractivity contribution in [3.8, 4) is 0 Å². The zero-order chi connectivity index (χ0) is 20.5. The topological polar surface area (TPSA) is 49.9 Å². The van der Waals surface area contributed by atoms with E-state index in [0.29, 0.717) is 19.0 Å². The van der Waals surface area contributed by atoms with Crippen molar-refractivity contribution >= 4 is 12.0 Å². The Hall–Kier alpha value is -2.04. The zero-order valence-corrected chi connectivity index (χ0v) is 17.9. The van der Waals surface area contributed by atoms with Crippen LogP contribution in [0.4, 0.5) is 4.79 Å². The summed E-state index contributed by atoms with van der Waals surface area (Å²) in [4.78, 5) is 30.1. The molecule has 0 aliphatic carbocycles. The molecule has 28 heavy (non-hydrogen) atoms. The number of hydrogen-bond donors (Lipinski definition) is 0. The van der Waals surface area contributed by atoms with Gasteiger partial charge in [-0.25, -0.2) is 4.79 Å². The second kappa shape index (κ2) is 7.76. The third-order valence-corrected chi connectivity index (χ3v) is 5.75. The molecule has 154 valence electrons. The van der Waals surface area contributed by atoms with E-state index in [4.69, 9.17) is 4.74 Å². The van der Waals surface area contributed by atoms with Gasteiger partial charge in [0.2, 0.25) is 5.91 Å². The van der Waals surface area contributed by atoms with Gasteiger partial charge < -0.3 is 14.5 Å². The van der Waals surface area contributed by atoms with Crippen LogP contribution >= 0.6 is 0 Å². The predicted octanol–water partition coefficient (Wildman–Crippen LogP) is 4.29. The minimum Gasteiger partial charge on any atom is -0.444 e. The van der Waals surface area contributed by atoms with E-state index in [1.54, 1.807) is 4.90 Å². The van der Waals surface area contributed by atoms with E-state index in [1.807, 2.05) is 43.9 Å². The molecule has 5 nitrogen and oxygen atoms in total. The molecule has 0 bridgehead atoms. The standard InChI is InChI=1S/C23H34N2O3/c1-17(2)14-25-15-19(18-10-7-6-8-11-18)23(20(25)26)12-9-13-24(16-23)21(27)28-22(3,4)5/h6-8,10-11,17,19H,9,12-16H2,1-5H3/t19-,23-/m1/s1. The molecule has 5 heteroatoms. The van der Waals surface area contributed by atoms with Gasteiger partial charge in [0.05, 0.1) is 5.41 Å². The molecule has 0 unspecified atom stereocenters. The Balaban J connectivity index is 1.91. The van der Waals surface area contributed by atoms with Crippen molar-refractivity contribution in [3.05, 3.63) is 35.9 Å². The van der Waals surface area contributed by atoms with Gasteiger partial charge in [-0.1, -0.05) is 44.2 Å². The Morgan fingerprint density at radius 3 is 2.54 bits per heavy atom. The molecule has 2 saturated heterocycles. The van der Waals surface area contributed by atoms with Crippen LogP contribution in [0.15, 0.2) is 30.3 Å². The molecule has 3 rings (SSSR count). The summed E-state index contributed by atoms with van der Waals surface area (Å²) in [7, 11) is 0. The smallest absolute Gasteiger partial charge is 0.410 e. The maximum atomic E-state index is 13.6. The Bertz CT molecular complexity index is 710. The molecule has 2 heterocycles. The summed E-state index contributed by atoms with van der Waals surface area (Å²) in [5.41, 5.74) is 0.100. The van der Waals surface area contributed by atoms with Crippen molar-refractivity contribution in [2.24, 2.45) is 11.3 Å². The highest BCUT2D eigenvalue weighted by Gasteiger charge is 2.56. The maximum absolute atomic E-state index is 13.6. The highest BCUT2D eigenvalue weighted by Crippen LogP contribution is 2.49. The minimum absolute atomic E-state index is 0.102. The van der Waals surface area contributed by atoms with Gasteiger partial charge in [-0.15, -0.1) is 0 Å². The summed E-state index contributed by atoms with van der Waals surface area (Å²) < 4.78 is 5.61. The highest BCUT2D eigenvalue weighted by molar-refractivity contribution is 5.88. The largest absolute Gasteiger partial charge is 0.444 e. The molecule has 1 aromatic rings. The Kier molecular flexibility index (Phi) is 5.74. The molecule has 2 aliphatic rings. The number of rotatable bonds is 3.